The lowest BCUT2D eigenvalue weighted by atomic mass is 10.0. The van der Waals surface area contributed by atoms with Crippen LogP contribution in [0.1, 0.15) is 28.4 Å². The zero-order valence-electron chi connectivity index (χ0n) is 9.07. The maximum Gasteiger partial charge on any atom is 0.339 e. The Morgan fingerprint density at radius 3 is 2.60 bits per heavy atom. The monoisotopic (exact) mass is 206 g/mol. The second kappa shape index (κ2) is 4.64. The molecule has 0 spiro atoms. The number of benzene rings is 1. The number of aromatic carboxylic acids is 1. The Kier molecular flexibility index (Phi) is 3.50. The highest BCUT2D eigenvalue weighted by atomic mass is 16.5. The van der Waals surface area contributed by atoms with Gasteiger partial charge in [-0.25, -0.2) is 4.79 Å². The summed E-state index contributed by atoms with van der Waals surface area (Å²) in [7, 11) is 1.47. The summed E-state index contributed by atoms with van der Waals surface area (Å²) < 4.78 is 5.03. The van der Waals surface area contributed by atoms with Gasteiger partial charge in [0.2, 0.25) is 0 Å². The molecule has 0 saturated carbocycles. The number of carboxylic acid groups (broad SMARTS) is 1. The predicted octanol–water partition coefficient (Wildman–Crippen LogP) is 2.73. The molecule has 0 aliphatic carbocycles. The molecule has 0 aliphatic heterocycles. The van der Waals surface area contributed by atoms with E-state index in [0.717, 1.165) is 11.1 Å². The molecule has 80 valence electrons. The van der Waals surface area contributed by atoms with E-state index in [2.05, 4.69) is 0 Å². The topological polar surface area (TPSA) is 46.5 Å². The largest absolute Gasteiger partial charge is 0.496 e. The summed E-state index contributed by atoms with van der Waals surface area (Å²) in [6.45, 7) is 3.79. The zero-order chi connectivity index (χ0) is 11.4. The second-order valence-corrected chi connectivity index (χ2v) is 3.21. The predicted molar refractivity (Wildman–Crippen MR) is 59.4 cm³/mol. The molecule has 0 atom stereocenters. The molecule has 0 unspecified atom stereocenters. The third-order valence-corrected chi connectivity index (χ3v) is 2.16. The lowest BCUT2D eigenvalue weighted by Gasteiger charge is -2.08. The molecule has 0 radical (unpaired) electrons. The zero-order valence-corrected chi connectivity index (χ0v) is 9.07. The van der Waals surface area contributed by atoms with E-state index in [1.165, 1.54) is 7.11 Å². The van der Waals surface area contributed by atoms with Crippen LogP contribution in [0.4, 0.5) is 0 Å². The van der Waals surface area contributed by atoms with E-state index in [0.29, 0.717) is 5.75 Å². The summed E-state index contributed by atoms with van der Waals surface area (Å²) in [6.07, 6.45) is 3.83. The Hall–Kier alpha value is -1.77. The number of carboxylic acids is 1. The normalized spacial score (nSPS) is 10.6. The first-order valence-electron chi connectivity index (χ1n) is 4.64. The number of allylic oxidation sites excluding steroid dienone is 1. The van der Waals surface area contributed by atoms with Crippen LogP contribution in [0.25, 0.3) is 6.08 Å². The van der Waals surface area contributed by atoms with Crippen LogP contribution >= 0.6 is 0 Å². The first-order valence-corrected chi connectivity index (χ1v) is 4.64. The molecule has 1 rings (SSSR count). The Labute approximate surface area is 89.0 Å². The van der Waals surface area contributed by atoms with Crippen molar-refractivity contribution in [1.29, 1.82) is 0 Å². The molecule has 0 bridgehead atoms. The van der Waals surface area contributed by atoms with Crippen molar-refractivity contribution in [3.05, 3.63) is 34.9 Å². The molecule has 0 aromatic heterocycles. The van der Waals surface area contributed by atoms with Crippen molar-refractivity contribution < 1.29 is 14.6 Å². The van der Waals surface area contributed by atoms with Gasteiger partial charge in [-0.2, -0.15) is 0 Å². The average molecular weight is 206 g/mol. The number of aryl methyl sites for hydroxylation is 1. The SMILES string of the molecule is C/C=C\c1cc(OC)c(C(=O)O)cc1C. The molecule has 0 heterocycles. The fourth-order valence-electron chi connectivity index (χ4n) is 1.40. The minimum absolute atomic E-state index is 0.197. The van der Waals surface area contributed by atoms with Gasteiger partial charge in [-0.15, -0.1) is 0 Å². The van der Waals surface area contributed by atoms with Crippen LogP contribution in [0.2, 0.25) is 0 Å². The van der Waals surface area contributed by atoms with Crippen LogP contribution < -0.4 is 4.74 Å². The lowest BCUT2D eigenvalue weighted by Crippen LogP contribution is -2.01. The minimum Gasteiger partial charge on any atom is -0.496 e. The van der Waals surface area contributed by atoms with Crippen LogP contribution in [0.3, 0.4) is 0 Å². The van der Waals surface area contributed by atoms with Crippen LogP contribution in [0.15, 0.2) is 18.2 Å². The summed E-state index contributed by atoms with van der Waals surface area (Å²) in [5.74, 6) is -0.580. The van der Waals surface area contributed by atoms with Crippen LogP contribution in [-0.4, -0.2) is 18.2 Å². The van der Waals surface area contributed by atoms with Gasteiger partial charge in [0.05, 0.1) is 7.11 Å². The summed E-state index contributed by atoms with van der Waals surface area (Å²) in [6, 6.07) is 3.36. The number of methoxy groups -OCH3 is 1. The molecule has 15 heavy (non-hydrogen) atoms. The van der Waals surface area contributed by atoms with Crippen LogP contribution in [0.5, 0.6) is 5.75 Å². The Morgan fingerprint density at radius 1 is 1.47 bits per heavy atom. The summed E-state index contributed by atoms with van der Waals surface area (Å²) in [4.78, 5) is 10.9. The Balaban J connectivity index is 3.35. The van der Waals surface area contributed by atoms with E-state index >= 15 is 0 Å². The highest BCUT2D eigenvalue weighted by molar-refractivity contribution is 5.91. The quantitative estimate of drug-likeness (QED) is 0.827. The summed E-state index contributed by atoms with van der Waals surface area (Å²) in [5.41, 5.74) is 2.09. The molecule has 1 aromatic carbocycles. The minimum atomic E-state index is -0.970. The van der Waals surface area contributed by atoms with Crippen LogP contribution in [-0.2, 0) is 0 Å². The standard InChI is InChI=1S/C12H14O3/c1-4-5-9-7-11(15-3)10(12(13)14)6-8(9)2/h4-7H,1-3H3,(H,13,14)/b5-4-. The molecule has 0 saturated heterocycles. The fourth-order valence-corrected chi connectivity index (χ4v) is 1.40. The van der Waals surface area contributed by atoms with Gasteiger partial charge in [0.15, 0.2) is 0 Å². The van der Waals surface area contributed by atoms with E-state index in [1.807, 2.05) is 26.0 Å². The number of hydrogen-bond donors (Lipinski definition) is 1. The molecular formula is C12H14O3. The smallest absolute Gasteiger partial charge is 0.339 e. The average Bonchev–Trinajstić information content (AvgIpc) is 2.20. The van der Waals surface area contributed by atoms with Crippen molar-refractivity contribution in [2.24, 2.45) is 0 Å². The van der Waals surface area contributed by atoms with Crippen molar-refractivity contribution in [1.82, 2.24) is 0 Å². The molecule has 0 amide bonds. The van der Waals surface area contributed by atoms with Crippen molar-refractivity contribution in [3.8, 4) is 5.75 Å². The second-order valence-electron chi connectivity index (χ2n) is 3.21. The number of rotatable bonds is 3. The molecule has 0 fully saturated rings. The molecule has 1 aromatic rings. The van der Waals surface area contributed by atoms with Crippen molar-refractivity contribution in [2.45, 2.75) is 13.8 Å². The Morgan fingerprint density at radius 2 is 2.13 bits per heavy atom. The van der Waals surface area contributed by atoms with Gasteiger partial charge in [0.25, 0.3) is 0 Å². The highest BCUT2D eigenvalue weighted by Crippen LogP contribution is 2.24. The first kappa shape index (κ1) is 11.3. The third kappa shape index (κ3) is 2.37. The third-order valence-electron chi connectivity index (χ3n) is 2.16. The highest BCUT2D eigenvalue weighted by Gasteiger charge is 2.12. The van der Waals surface area contributed by atoms with E-state index in [-0.39, 0.29) is 5.56 Å². The maximum absolute atomic E-state index is 10.9. The molecular weight excluding hydrogens is 192 g/mol. The van der Waals surface area contributed by atoms with Gasteiger partial charge >= 0.3 is 5.97 Å². The van der Waals surface area contributed by atoms with Crippen molar-refractivity contribution >= 4 is 12.0 Å². The summed E-state index contributed by atoms with van der Waals surface area (Å²) in [5, 5.41) is 8.94. The van der Waals surface area contributed by atoms with Gasteiger partial charge in [-0.3, -0.25) is 0 Å². The lowest BCUT2D eigenvalue weighted by molar-refractivity contribution is 0.0693. The van der Waals surface area contributed by atoms with Crippen LogP contribution in [0, 0.1) is 6.92 Å². The molecule has 3 nitrogen and oxygen atoms in total. The van der Waals surface area contributed by atoms with Gasteiger partial charge in [0, 0.05) is 0 Å². The number of hydrogen-bond acceptors (Lipinski definition) is 2. The Bertz CT molecular complexity index is 406. The van der Waals surface area contributed by atoms with E-state index in [9.17, 15) is 4.79 Å². The molecule has 0 aliphatic rings. The van der Waals surface area contributed by atoms with Crippen molar-refractivity contribution in [3.63, 3.8) is 0 Å². The van der Waals surface area contributed by atoms with Gasteiger partial charge < -0.3 is 9.84 Å². The first-order chi connectivity index (χ1) is 7.10. The summed E-state index contributed by atoms with van der Waals surface area (Å²) >= 11 is 0. The van der Waals surface area contributed by atoms with Crippen molar-refractivity contribution in [2.75, 3.05) is 7.11 Å². The van der Waals surface area contributed by atoms with Gasteiger partial charge in [0.1, 0.15) is 11.3 Å². The van der Waals surface area contributed by atoms with Gasteiger partial charge in [-0.1, -0.05) is 12.2 Å². The molecule has 3 heteroatoms. The number of ether oxygens (including phenoxy) is 1. The van der Waals surface area contributed by atoms with E-state index in [4.69, 9.17) is 9.84 Å². The maximum atomic E-state index is 10.9. The fraction of sp³-hybridized carbons (Fsp3) is 0.250. The van der Waals surface area contributed by atoms with E-state index in [1.54, 1.807) is 12.1 Å². The molecule has 1 N–H and O–H groups in total. The number of carbonyl (C=O) groups is 1. The van der Waals surface area contributed by atoms with Gasteiger partial charge in [-0.05, 0) is 37.1 Å². The van der Waals surface area contributed by atoms with E-state index < -0.39 is 5.97 Å².